The van der Waals surface area contributed by atoms with Crippen molar-refractivity contribution in [2.75, 3.05) is 58.0 Å². The summed E-state index contributed by atoms with van der Waals surface area (Å²) in [7, 11) is 6.70. The Labute approximate surface area is 262 Å². The fourth-order valence-corrected chi connectivity index (χ4v) is 7.76. The van der Waals surface area contributed by atoms with Crippen LogP contribution < -0.4 is 16.0 Å². The van der Waals surface area contributed by atoms with E-state index in [0.717, 1.165) is 26.1 Å². The van der Waals surface area contributed by atoms with Crippen LogP contribution in [0.3, 0.4) is 0 Å². The van der Waals surface area contributed by atoms with Crippen molar-refractivity contribution >= 4 is 34.8 Å². The number of allylic oxidation sites excluding steroid dienone is 1. The Bertz CT molecular complexity index is 1520. The van der Waals surface area contributed by atoms with Gasteiger partial charge in [-0.2, -0.15) is 0 Å². The molecule has 13 heteroatoms. The zero-order chi connectivity index (χ0) is 33.1. The lowest BCUT2D eigenvalue weighted by Gasteiger charge is -2.50. The number of Topliss-reactive ketones (excluding diaryl/α,β-unsaturated/α-hetero) is 2. The lowest BCUT2D eigenvalue weighted by atomic mass is 9.58. The van der Waals surface area contributed by atoms with Crippen molar-refractivity contribution in [2.24, 2.45) is 23.5 Å². The number of anilines is 2. The summed E-state index contributed by atoms with van der Waals surface area (Å²) in [5, 5.41) is 48.6. The summed E-state index contributed by atoms with van der Waals surface area (Å²) < 4.78 is 0. The number of fused-ring (bicyclic) bond motifs is 3. The molecule has 1 fully saturated rings. The Kier molecular flexibility index (Phi) is 8.49. The minimum atomic E-state index is -2.72. The summed E-state index contributed by atoms with van der Waals surface area (Å²) in [6.45, 7) is 4.66. The number of aromatic hydroxyl groups is 1. The van der Waals surface area contributed by atoms with Gasteiger partial charge in [-0.05, 0) is 83.4 Å². The van der Waals surface area contributed by atoms with Gasteiger partial charge < -0.3 is 41.3 Å². The number of carbonyl (C=O) groups is 4. The fourth-order valence-electron chi connectivity index (χ4n) is 7.76. The molecule has 1 heterocycles. The molecule has 1 unspecified atom stereocenters. The van der Waals surface area contributed by atoms with Gasteiger partial charge in [0.05, 0.1) is 17.3 Å². The van der Waals surface area contributed by atoms with Crippen LogP contribution in [-0.4, -0.2) is 113 Å². The van der Waals surface area contributed by atoms with E-state index in [1.807, 2.05) is 0 Å². The molecule has 4 atom stereocenters. The second-order valence-electron chi connectivity index (χ2n) is 13.1. The molecule has 1 saturated heterocycles. The summed E-state index contributed by atoms with van der Waals surface area (Å²) in [5.41, 5.74) is 2.55. The number of aliphatic hydroxyl groups is 3. The van der Waals surface area contributed by atoms with Gasteiger partial charge in [0.15, 0.2) is 17.1 Å². The molecule has 1 aliphatic heterocycles. The van der Waals surface area contributed by atoms with Crippen molar-refractivity contribution < 1.29 is 39.6 Å². The lowest BCUT2D eigenvalue weighted by molar-refractivity contribution is -0.148. The Balaban J connectivity index is 1.57. The zero-order valence-corrected chi connectivity index (χ0v) is 26.4. The number of ketones is 2. The predicted octanol–water partition coefficient (Wildman–Crippen LogP) is 1.25. The van der Waals surface area contributed by atoms with Gasteiger partial charge in [-0.3, -0.25) is 24.1 Å². The molecule has 13 nitrogen and oxygen atoms in total. The zero-order valence-electron chi connectivity index (χ0n) is 26.4. The molecule has 0 spiro atoms. The van der Waals surface area contributed by atoms with E-state index >= 15 is 0 Å². The van der Waals surface area contributed by atoms with Crippen LogP contribution >= 0.6 is 0 Å². The average Bonchev–Trinajstić information content (AvgIpc) is 2.96. The summed E-state index contributed by atoms with van der Waals surface area (Å²) in [6, 6.07) is 0.559. The number of phenols is 1. The second kappa shape index (κ2) is 11.8. The van der Waals surface area contributed by atoms with Gasteiger partial charge in [0.25, 0.3) is 5.91 Å². The molecule has 0 radical (unpaired) electrons. The maximum Gasteiger partial charge on any atom is 0.255 e. The van der Waals surface area contributed by atoms with Crippen LogP contribution in [0.5, 0.6) is 5.75 Å². The van der Waals surface area contributed by atoms with E-state index < -0.39 is 63.8 Å². The highest BCUT2D eigenvalue weighted by molar-refractivity contribution is 6.25. The third-order valence-corrected chi connectivity index (χ3v) is 9.94. The molecule has 0 aromatic heterocycles. The third-order valence-electron chi connectivity index (χ3n) is 9.94. The molecule has 3 aliphatic carbocycles. The number of phenolic OH excluding ortho intramolecular Hbond substituents is 1. The van der Waals surface area contributed by atoms with Crippen LogP contribution in [0, 0.1) is 17.8 Å². The smallest absolute Gasteiger partial charge is 0.255 e. The van der Waals surface area contributed by atoms with Crippen LogP contribution in [0.1, 0.15) is 48.5 Å². The number of nitrogens with two attached hydrogens (primary N) is 1. The van der Waals surface area contributed by atoms with Gasteiger partial charge in [0.2, 0.25) is 11.7 Å². The average molecular weight is 626 g/mol. The first-order valence-electron chi connectivity index (χ1n) is 15.4. The first kappa shape index (κ1) is 32.5. The molecule has 7 N–H and O–H groups in total. The number of benzene rings is 1. The molecular weight excluding hydrogens is 582 g/mol. The number of nitrogens with zero attached hydrogens (tertiary/aromatic N) is 3. The van der Waals surface area contributed by atoms with E-state index in [1.165, 1.54) is 4.90 Å². The van der Waals surface area contributed by atoms with E-state index in [-0.39, 0.29) is 41.5 Å². The molecule has 4 aliphatic rings. The number of nitrogens with one attached hydrogen (secondary N) is 1. The highest BCUT2D eigenvalue weighted by atomic mass is 16.3. The summed E-state index contributed by atoms with van der Waals surface area (Å²) in [5.74, 6) is -7.72. The van der Waals surface area contributed by atoms with E-state index in [2.05, 4.69) is 17.1 Å². The molecular formula is C32H43N5O8. The van der Waals surface area contributed by atoms with Crippen LogP contribution in [0.15, 0.2) is 28.7 Å². The number of amides is 2. The Morgan fingerprint density at radius 1 is 1.11 bits per heavy atom. The highest BCUT2D eigenvalue weighted by Crippen LogP contribution is 2.54. The van der Waals surface area contributed by atoms with Crippen LogP contribution in [0.4, 0.5) is 11.4 Å². The van der Waals surface area contributed by atoms with Crippen LogP contribution in [0.2, 0.25) is 0 Å². The van der Waals surface area contributed by atoms with Gasteiger partial charge in [0, 0.05) is 37.2 Å². The normalized spacial score (nSPS) is 27.3. The number of piperidine rings is 1. The highest BCUT2D eigenvalue weighted by Gasteiger charge is 2.63. The van der Waals surface area contributed by atoms with E-state index in [1.54, 1.807) is 39.2 Å². The first-order chi connectivity index (χ1) is 21.1. The SMILES string of the molecule is CCCN1CCC(C(=O)Nc2cc(N(C)C)c3c(c2O)C(=O)C2=C(O)[C@]4(O)C(=O)C(C(N)=O)=C(O)[C@@H](N(C)C)C4C[C@@H]2C3)CC1. The van der Waals surface area contributed by atoms with Gasteiger partial charge in [-0.15, -0.1) is 0 Å². The number of rotatable bonds is 7. The predicted molar refractivity (Wildman–Crippen MR) is 166 cm³/mol. The molecule has 1 aromatic carbocycles. The fraction of sp³-hybridized carbons (Fsp3) is 0.562. The van der Waals surface area contributed by atoms with E-state index in [4.69, 9.17) is 5.73 Å². The number of likely N-dealkylation sites (N-methyl/N-ethyl adjacent to an activating group) is 1. The number of hydrogen-bond donors (Lipinski definition) is 6. The van der Waals surface area contributed by atoms with Gasteiger partial charge in [0.1, 0.15) is 17.1 Å². The lowest BCUT2D eigenvalue weighted by Crippen LogP contribution is -2.63. The van der Waals surface area contributed by atoms with E-state index in [0.29, 0.717) is 24.1 Å². The number of carbonyl (C=O) groups excluding carboxylic acids is 4. The maximum atomic E-state index is 14.2. The number of aliphatic hydroxyl groups excluding tert-OH is 2. The monoisotopic (exact) mass is 625 g/mol. The van der Waals surface area contributed by atoms with Crippen molar-refractivity contribution in [1.82, 2.24) is 9.80 Å². The topological polar surface area (TPSA) is 197 Å². The second-order valence-corrected chi connectivity index (χ2v) is 13.1. The van der Waals surface area contributed by atoms with Gasteiger partial charge in [-0.25, -0.2) is 0 Å². The number of hydrogen-bond acceptors (Lipinski definition) is 11. The molecule has 0 bridgehead atoms. The van der Waals surface area contributed by atoms with Crippen LogP contribution in [0.25, 0.3) is 0 Å². The molecule has 45 heavy (non-hydrogen) atoms. The molecule has 244 valence electrons. The summed E-state index contributed by atoms with van der Waals surface area (Å²) in [4.78, 5) is 58.9. The van der Waals surface area contributed by atoms with Crippen molar-refractivity contribution in [3.8, 4) is 5.75 Å². The number of likely N-dealkylation sites (tertiary alicyclic amines) is 1. The molecule has 0 saturated carbocycles. The Hall–Kier alpha value is -3.94. The van der Waals surface area contributed by atoms with Crippen molar-refractivity contribution in [3.05, 3.63) is 39.9 Å². The molecule has 5 rings (SSSR count). The maximum absolute atomic E-state index is 14.2. The number of primary amides is 1. The molecule has 2 amide bonds. The Morgan fingerprint density at radius 3 is 2.31 bits per heavy atom. The summed E-state index contributed by atoms with van der Waals surface area (Å²) in [6.07, 6.45) is 2.51. The first-order valence-corrected chi connectivity index (χ1v) is 15.4. The van der Waals surface area contributed by atoms with Gasteiger partial charge >= 0.3 is 0 Å². The minimum absolute atomic E-state index is 0.00535. The Morgan fingerprint density at radius 2 is 1.76 bits per heavy atom. The van der Waals surface area contributed by atoms with E-state index in [9.17, 15) is 39.6 Å². The quantitative estimate of drug-likeness (QED) is 0.188. The third kappa shape index (κ3) is 5.06. The molecule has 1 aromatic rings. The van der Waals surface area contributed by atoms with Crippen molar-refractivity contribution in [3.63, 3.8) is 0 Å². The van der Waals surface area contributed by atoms with Crippen molar-refractivity contribution in [2.45, 2.75) is 50.7 Å². The minimum Gasteiger partial charge on any atom is -0.510 e. The largest absolute Gasteiger partial charge is 0.510 e. The van der Waals surface area contributed by atoms with Crippen molar-refractivity contribution in [1.29, 1.82) is 0 Å². The van der Waals surface area contributed by atoms with Crippen LogP contribution in [-0.2, 0) is 20.8 Å². The van der Waals surface area contributed by atoms with Gasteiger partial charge in [-0.1, -0.05) is 6.92 Å². The summed E-state index contributed by atoms with van der Waals surface area (Å²) >= 11 is 0. The standard InChI is InChI=1S/C32H43N5O8/c1-6-9-37-10-7-15(8-11-37)31(44)34-19-14-20(35(2)3)17-12-16-13-18-24(36(4)5)27(40)23(30(33)43)29(42)32(18,45)28(41)21(16)26(39)22(17)25(19)38/h14-16,18,24,38,40-41,45H,6-13H2,1-5H3,(H2,33,43)(H,34,44)/t16-,18?,24-,32-/m0/s1.